The molecule has 0 aliphatic carbocycles. The van der Waals surface area contributed by atoms with E-state index in [0.29, 0.717) is 11.4 Å². The summed E-state index contributed by atoms with van der Waals surface area (Å²) < 4.78 is 6.91. The van der Waals surface area contributed by atoms with Gasteiger partial charge in [-0.05, 0) is 35.7 Å². The van der Waals surface area contributed by atoms with Crippen LogP contribution in [-0.4, -0.2) is 23.4 Å². The van der Waals surface area contributed by atoms with Crippen LogP contribution in [0.1, 0.15) is 5.76 Å². The van der Waals surface area contributed by atoms with Crippen LogP contribution in [0.3, 0.4) is 0 Å². The average molecular weight is 348 g/mol. The molecule has 0 saturated heterocycles. The molecule has 3 aromatic rings. The minimum Gasteiger partial charge on any atom is -0.465 e. The van der Waals surface area contributed by atoms with Gasteiger partial charge in [-0.1, -0.05) is 6.07 Å². The molecular weight excluding hydrogens is 332 g/mol. The Morgan fingerprint density at radius 1 is 1.31 bits per heavy atom. The average Bonchev–Trinajstić information content (AvgIpc) is 3.29. The minimum absolute atomic E-state index is 0.0687. The van der Waals surface area contributed by atoms with Gasteiger partial charge in [0.2, 0.25) is 5.91 Å². The Hall–Kier alpha value is -3.79. The summed E-state index contributed by atoms with van der Waals surface area (Å²) in [5.41, 5.74) is 1.26. The standard InChI is InChI=1S/C19H16N4O3/c1-21-18(24)12-23-7-6-13-4-5-15(10-17(13)23)22-19(25)14(11-20)9-16-3-2-8-26-16/h2-10H,12H2,1H3,(H,21,24)(H,22,25). The molecular formula is C19H16N4O3. The smallest absolute Gasteiger partial charge is 0.266 e. The molecule has 0 aliphatic rings. The molecule has 1 aromatic carbocycles. The van der Waals surface area contributed by atoms with Crippen molar-refractivity contribution in [3.05, 3.63) is 60.2 Å². The van der Waals surface area contributed by atoms with Crippen LogP contribution in [0.2, 0.25) is 0 Å². The summed E-state index contributed by atoms with van der Waals surface area (Å²) in [5.74, 6) is -0.232. The third kappa shape index (κ3) is 3.65. The van der Waals surface area contributed by atoms with Gasteiger partial charge < -0.3 is 19.6 Å². The van der Waals surface area contributed by atoms with E-state index in [0.717, 1.165) is 10.9 Å². The molecule has 2 amide bonds. The lowest BCUT2D eigenvalue weighted by molar-refractivity contribution is -0.121. The number of aromatic nitrogens is 1. The molecule has 0 saturated carbocycles. The second-order valence-electron chi connectivity index (χ2n) is 5.53. The van der Waals surface area contributed by atoms with Crippen LogP contribution in [0.25, 0.3) is 17.0 Å². The summed E-state index contributed by atoms with van der Waals surface area (Å²) in [7, 11) is 1.58. The number of benzene rings is 1. The predicted octanol–water partition coefficient (Wildman–Crippen LogP) is 2.53. The zero-order valence-corrected chi connectivity index (χ0v) is 14.0. The van der Waals surface area contributed by atoms with Crippen molar-refractivity contribution < 1.29 is 14.0 Å². The number of carbonyl (C=O) groups excluding carboxylic acids is 2. The molecule has 130 valence electrons. The summed E-state index contributed by atoms with van der Waals surface area (Å²) in [5, 5.41) is 15.4. The minimum atomic E-state index is -0.535. The number of fused-ring (bicyclic) bond motifs is 1. The van der Waals surface area contributed by atoms with Gasteiger partial charge in [0.1, 0.15) is 23.9 Å². The second-order valence-corrected chi connectivity index (χ2v) is 5.53. The Kier molecular flexibility index (Phi) is 4.85. The summed E-state index contributed by atoms with van der Waals surface area (Å²) in [6, 6.07) is 12.4. The van der Waals surface area contributed by atoms with Gasteiger partial charge in [-0.3, -0.25) is 9.59 Å². The fraction of sp³-hybridized carbons (Fsp3) is 0.105. The summed E-state index contributed by atoms with van der Waals surface area (Å²) in [6.07, 6.45) is 4.65. The number of furan rings is 1. The highest BCUT2D eigenvalue weighted by atomic mass is 16.3. The van der Waals surface area contributed by atoms with E-state index in [2.05, 4.69) is 10.6 Å². The first-order valence-electron chi connectivity index (χ1n) is 7.87. The van der Waals surface area contributed by atoms with Crippen LogP contribution >= 0.6 is 0 Å². The molecule has 7 heteroatoms. The van der Waals surface area contributed by atoms with E-state index < -0.39 is 5.91 Å². The Bertz CT molecular complexity index is 1020. The van der Waals surface area contributed by atoms with Crippen LogP contribution in [0.5, 0.6) is 0 Å². The van der Waals surface area contributed by atoms with Crippen molar-refractivity contribution in [2.75, 3.05) is 12.4 Å². The van der Waals surface area contributed by atoms with Crippen molar-refractivity contribution in [2.45, 2.75) is 6.54 Å². The topological polar surface area (TPSA) is 100 Å². The zero-order valence-electron chi connectivity index (χ0n) is 14.0. The van der Waals surface area contributed by atoms with Crippen molar-refractivity contribution in [1.29, 1.82) is 5.26 Å². The summed E-state index contributed by atoms with van der Waals surface area (Å²) in [6.45, 7) is 0.180. The van der Waals surface area contributed by atoms with E-state index in [-0.39, 0.29) is 18.0 Å². The second kappa shape index (κ2) is 7.40. The molecule has 0 bridgehead atoms. The molecule has 26 heavy (non-hydrogen) atoms. The van der Waals surface area contributed by atoms with Crippen molar-refractivity contribution in [2.24, 2.45) is 0 Å². The van der Waals surface area contributed by atoms with Crippen LogP contribution in [0.4, 0.5) is 5.69 Å². The van der Waals surface area contributed by atoms with Gasteiger partial charge in [0, 0.05) is 25.0 Å². The molecule has 2 N–H and O–H groups in total. The lowest BCUT2D eigenvalue weighted by Gasteiger charge is -2.07. The number of nitriles is 1. The van der Waals surface area contributed by atoms with Gasteiger partial charge in [-0.15, -0.1) is 0 Å². The monoisotopic (exact) mass is 348 g/mol. The molecule has 2 aromatic heterocycles. The van der Waals surface area contributed by atoms with Crippen molar-refractivity contribution >= 4 is 34.5 Å². The van der Waals surface area contributed by atoms with Gasteiger partial charge in [0.05, 0.1) is 11.8 Å². The van der Waals surface area contributed by atoms with E-state index in [1.165, 1.54) is 12.3 Å². The Morgan fingerprint density at radius 2 is 2.15 bits per heavy atom. The van der Waals surface area contributed by atoms with Crippen LogP contribution < -0.4 is 10.6 Å². The Morgan fingerprint density at radius 3 is 2.85 bits per heavy atom. The number of hydrogen-bond donors (Lipinski definition) is 2. The van der Waals surface area contributed by atoms with Crippen molar-refractivity contribution in [1.82, 2.24) is 9.88 Å². The number of rotatable bonds is 5. The van der Waals surface area contributed by atoms with E-state index in [1.807, 2.05) is 24.4 Å². The van der Waals surface area contributed by atoms with Gasteiger partial charge in [0.15, 0.2) is 0 Å². The first kappa shape index (κ1) is 17.0. The van der Waals surface area contributed by atoms with E-state index in [9.17, 15) is 14.9 Å². The summed E-state index contributed by atoms with van der Waals surface area (Å²) >= 11 is 0. The molecule has 0 unspecified atom stereocenters. The van der Waals surface area contributed by atoms with Crippen LogP contribution in [0, 0.1) is 11.3 Å². The van der Waals surface area contributed by atoms with E-state index in [1.54, 1.807) is 35.9 Å². The first-order valence-corrected chi connectivity index (χ1v) is 7.87. The van der Waals surface area contributed by atoms with Gasteiger partial charge in [0.25, 0.3) is 5.91 Å². The molecule has 3 rings (SSSR count). The lowest BCUT2D eigenvalue weighted by atomic mass is 10.2. The number of amides is 2. The predicted molar refractivity (Wildman–Crippen MR) is 96.9 cm³/mol. The zero-order chi connectivity index (χ0) is 18.5. The lowest BCUT2D eigenvalue weighted by Crippen LogP contribution is -2.23. The Balaban J connectivity index is 1.84. The largest absolute Gasteiger partial charge is 0.465 e. The number of likely N-dealkylation sites (N-methyl/N-ethyl adjacent to an activating group) is 1. The quantitative estimate of drug-likeness (QED) is 0.546. The third-order valence-corrected chi connectivity index (χ3v) is 3.82. The number of carbonyl (C=O) groups is 2. The van der Waals surface area contributed by atoms with Crippen LogP contribution in [0.15, 0.2) is 58.8 Å². The van der Waals surface area contributed by atoms with Crippen LogP contribution in [-0.2, 0) is 16.1 Å². The maximum absolute atomic E-state index is 12.3. The number of hydrogen-bond acceptors (Lipinski definition) is 4. The van der Waals surface area contributed by atoms with E-state index >= 15 is 0 Å². The number of anilines is 1. The van der Waals surface area contributed by atoms with Crippen molar-refractivity contribution in [3.8, 4) is 6.07 Å². The SMILES string of the molecule is CNC(=O)Cn1ccc2ccc(NC(=O)C(C#N)=Cc3ccco3)cc21. The van der Waals surface area contributed by atoms with Gasteiger partial charge in [-0.25, -0.2) is 0 Å². The molecule has 0 radical (unpaired) electrons. The highest BCUT2D eigenvalue weighted by molar-refractivity contribution is 6.10. The highest BCUT2D eigenvalue weighted by Crippen LogP contribution is 2.21. The number of nitrogens with one attached hydrogen (secondary N) is 2. The summed E-state index contributed by atoms with van der Waals surface area (Å²) in [4.78, 5) is 23.9. The normalized spacial score (nSPS) is 11.2. The molecule has 0 atom stereocenters. The third-order valence-electron chi connectivity index (χ3n) is 3.82. The van der Waals surface area contributed by atoms with Gasteiger partial charge in [-0.2, -0.15) is 5.26 Å². The fourth-order valence-corrected chi connectivity index (χ4v) is 2.50. The molecule has 0 aliphatic heterocycles. The molecule has 0 spiro atoms. The maximum Gasteiger partial charge on any atom is 0.266 e. The van der Waals surface area contributed by atoms with E-state index in [4.69, 9.17) is 4.42 Å². The maximum atomic E-state index is 12.3. The molecule has 0 fully saturated rings. The fourth-order valence-electron chi connectivity index (χ4n) is 2.50. The molecule has 7 nitrogen and oxygen atoms in total. The molecule has 2 heterocycles. The first-order chi connectivity index (χ1) is 12.6. The van der Waals surface area contributed by atoms with Gasteiger partial charge >= 0.3 is 0 Å². The Labute approximate surface area is 149 Å². The highest BCUT2D eigenvalue weighted by Gasteiger charge is 2.12. The number of nitrogens with zero attached hydrogens (tertiary/aromatic N) is 2. The van der Waals surface area contributed by atoms with Crippen molar-refractivity contribution in [3.63, 3.8) is 0 Å².